The first-order valence-corrected chi connectivity index (χ1v) is 8.11. The minimum atomic E-state index is -0.347. The van der Waals surface area contributed by atoms with Crippen molar-refractivity contribution in [3.8, 4) is 11.5 Å². The lowest BCUT2D eigenvalue weighted by atomic mass is 10.2. The summed E-state index contributed by atoms with van der Waals surface area (Å²) in [5, 5.41) is 4.10. The van der Waals surface area contributed by atoms with Gasteiger partial charge < -0.3 is 9.47 Å². The summed E-state index contributed by atoms with van der Waals surface area (Å²) in [5.74, 6) is 0.691. The van der Waals surface area contributed by atoms with Crippen LogP contribution in [0.25, 0.3) is 0 Å². The van der Waals surface area contributed by atoms with E-state index in [0.29, 0.717) is 33.9 Å². The minimum absolute atomic E-state index is 0.347. The first-order valence-electron chi connectivity index (χ1n) is 7.32. The molecule has 0 aliphatic carbocycles. The lowest BCUT2D eigenvalue weighted by Crippen LogP contribution is -2.19. The molecule has 1 N–H and O–H groups in total. The van der Waals surface area contributed by atoms with Crippen LogP contribution in [0.15, 0.2) is 46.2 Å². The molecule has 1 heterocycles. The van der Waals surface area contributed by atoms with E-state index in [4.69, 9.17) is 9.47 Å². The van der Waals surface area contributed by atoms with Crippen LogP contribution in [0.3, 0.4) is 0 Å². The number of carbonyl (C=O) groups excluding carboxylic acids is 1. The maximum Gasteiger partial charge on any atom is 0.271 e. The molecule has 0 unspecified atom stereocenters. The van der Waals surface area contributed by atoms with E-state index in [0.717, 1.165) is 5.56 Å². The summed E-state index contributed by atoms with van der Waals surface area (Å²) in [6.45, 7) is 4.17. The van der Waals surface area contributed by atoms with Gasteiger partial charge in [-0.3, -0.25) is 9.78 Å². The Bertz CT molecular complexity index is 748. The second-order valence-electron chi connectivity index (χ2n) is 4.80. The Hall–Kier alpha value is -2.41. The zero-order valence-corrected chi connectivity index (χ0v) is 15.3. The van der Waals surface area contributed by atoms with Gasteiger partial charge in [-0.15, -0.1) is 0 Å². The Balaban J connectivity index is 2.19. The first kappa shape index (κ1) is 17.9. The lowest BCUT2D eigenvalue weighted by Gasteiger charge is -2.12. The molecule has 1 aromatic heterocycles. The van der Waals surface area contributed by atoms with E-state index in [1.165, 1.54) is 7.11 Å². The molecule has 6 nitrogen and oxygen atoms in total. The molecule has 1 aromatic carbocycles. The van der Waals surface area contributed by atoms with Crippen molar-refractivity contribution in [1.29, 1.82) is 0 Å². The Labute approximate surface area is 149 Å². The van der Waals surface area contributed by atoms with E-state index in [1.807, 2.05) is 19.1 Å². The molecule has 7 heteroatoms. The molecule has 0 radical (unpaired) electrons. The highest BCUT2D eigenvalue weighted by Crippen LogP contribution is 2.36. The molecular weight excluding hydrogens is 374 g/mol. The van der Waals surface area contributed by atoms with Crippen molar-refractivity contribution < 1.29 is 14.3 Å². The topological polar surface area (TPSA) is 72.8 Å². The maximum absolute atomic E-state index is 12.3. The largest absolute Gasteiger partial charge is 0.493 e. The number of rotatable bonds is 6. The monoisotopic (exact) mass is 391 g/mol. The zero-order valence-electron chi connectivity index (χ0n) is 13.7. The number of hydrogen-bond donors (Lipinski definition) is 1. The third-order valence-corrected chi connectivity index (χ3v) is 3.77. The van der Waals surface area contributed by atoms with Crippen LogP contribution in [0.4, 0.5) is 0 Å². The Kier molecular flexibility index (Phi) is 6.31. The molecule has 0 atom stereocenters. The lowest BCUT2D eigenvalue weighted by molar-refractivity contribution is 0.0954. The molecule has 24 heavy (non-hydrogen) atoms. The Morgan fingerprint density at radius 2 is 2.17 bits per heavy atom. The van der Waals surface area contributed by atoms with Crippen LogP contribution in [0.1, 0.15) is 29.8 Å². The van der Waals surface area contributed by atoms with Gasteiger partial charge in [0.15, 0.2) is 11.5 Å². The van der Waals surface area contributed by atoms with Crippen LogP contribution in [-0.2, 0) is 0 Å². The summed E-state index contributed by atoms with van der Waals surface area (Å²) in [6.07, 6.45) is 3.36. The SMILES string of the molecule is CCOc1c(Br)cc(C(=O)N/N=C(/C)c2cccnc2)cc1OC. The van der Waals surface area contributed by atoms with Crippen LogP contribution >= 0.6 is 15.9 Å². The Morgan fingerprint density at radius 3 is 2.79 bits per heavy atom. The molecule has 0 bridgehead atoms. The van der Waals surface area contributed by atoms with Crippen molar-refractivity contribution in [3.63, 3.8) is 0 Å². The molecular formula is C17H18BrN3O3. The van der Waals surface area contributed by atoms with Gasteiger partial charge in [0, 0.05) is 23.5 Å². The molecule has 1 amide bonds. The zero-order chi connectivity index (χ0) is 17.5. The highest BCUT2D eigenvalue weighted by Gasteiger charge is 2.15. The van der Waals surface area contributed by atoms with Gasteiger partial charge >= 0.3 is 0 Å². The number of pyridine rings is 1. The fraction of sp³-hybridized carbons (Fsp3) is 0.235. The van der Waals surface area contributed by atoms with Crippen molar-refractivity contribution in [3.05, 3.63) is 52.3 Å². The molecule has 2 aromatic rings. The van der Waals surface area contributed by atoms with Crippen LogP contribution in [-0.4, -0.2) is 30.3 Å². The molecule has 0 saturated carbocycles. The number of carbonyl (C=O) groups is 1. The standard InChI is InChI=1S/C17H18BrN3O3/c1-4-24-16-14(18)8-13(9-15(16)23-3)17(22)21-20-11(2)12-6-5-7-19-10-12/h5-10H,4H2,1-3H3,(H,21,22)/b20-11-. The van der Waals surface area contributed by atoms with Gasteiger partial charge in [-0.2, -0.15) is 5.10 Å². The molecule has 0 fully saturated rings. The average molecular weight is 392 g/mol. The number of hydrazone groups is 1. The third-order valence-electron chi connectivity index (χ3n) is 3.18. The molecule has 0 saturated heterocycles. The molecule has 0 spiro atoms. The van der Waals surface area contributed by atoms with Gasteiger partial charge in [0.05, 0.1) is 23.9 Å². The predicted octanol–water partition coefficient (Wildman–Crippen LogP) is 3.41. The van der Waals surface area contributed by atoms with E-state index in [9.17, 15) is 4.79 Å². The Morgan fingerprint density at radius 1 is 1.38 bits per heavy atom. The highest BCUT2D eigenvalue weighted by molar-refractivity contribution is 9.10. The van der Waals surface area contributed by atoms with Crippen LogP contribution in [0.5, 0.6) is 11.5 Å². The fourth-order valence-corrected chi connectivity index (χ4v) is 2.53. The minimum Gasteiger partial charge on any atom is -0.493 e. The summed E-state index contributed by atoms with van der Waals surface area (Å²) in [4.78, 5) is 16.3. The van der Waals surface area contributed by atoms with Crippen molar-refractivity contribution in [2.24, 2.45) is 5.10 Å². The summed E-state index contributed by atoms with van der Waals surface area (Å²) < 4.78 is 11.4. The van der Waals surface area contributed by atoms with E-state index in [2.05, 4.69) is 31.4 Å². The summed E-state index contributed by atoms with van der Waals surface area (Å²) in [7, 11) is 1.52. The highest BCUT2D eigenvalue weighted by atomic mass is 79.9. The number of nitrogens with zero attached hydrogens (tertiary/aromatic N) is 2. The van der Waals surface area contributed by atoms with Gasteiger partial charge in [0.2, 0.25) is 0 Å². The number of benzene rings is 1. The van der Waals surface area contributed by atoms with E-state index >= 15 is 0 Å². The quantitative estimate of drug-likeness (QED) is 0.604. The smallest absolute Gasteiger partial charge is 0.271 e. The number of methoxy groups -OCH3 is 1. The van der Waals surface area contributed by atoms with Gasteiger partial charge in [0.1, 0.15) is 0 Å². The summed E-state index contributed by atoms with van der Waals surface area (Å²) in [5.41, 5.74) is 4.44. The predicted molar refractivity (Wildman–Crippen MR) is 95.8 cm³/mol. The number of halogens is 1. The maximum atomic E-state index is 12.3. The van der Waals surface area contributed by atoms with Crippen LogP contribution < -0.4 is 14.9 Å². The normalized spacial score (nSPS) is 11.1. The first-order chi connectivity index (χ1) is 11.6. The number of hydrogen-bond acceptors (Lipinski definition) is 5. The molecule has 0 aliphatic heterocycles. The molecule has 0 aliphatic rings. The fourth-order valence-electron chi connectivity index (χ4n) is 1.98. The van der Waals surface area contributed by atoms with Gasteiger partial charge in [-0.25, -0.2) is 5.43 Å². The van der Waals surface area contributed by atoms with Crippen molar-refractivity contribution in [2.45, 2.75) is 13.8 Å². The van der Waals surface area contributed by atoms with E-state index in [1.54, 1.807) is 31.5 Å². The second kappa shape index (κ2) is 8.44. The van der Waals surface area contributed by atoms with Gasteiger partial charge in [-0.05, 0) is 48.0 Å². The number of nitrogens with one attached hydrogen (secondary N) is 1. The van der Waals surface area contributed by atoms with Crippen LogP contribution in [0.2, 0.25) is 0 Å². The number of amides is 1. The summed E-state index contributed by atoms with van der Waals surface area (Å²) >= 11 is 3.40. The van der Waals surface area contributed by atoms with Crippen molar-refractivity contribution in [1.82, 2.24) is 10.4 Å². The number of ether oxygens (including phenoxy) is 2. The van der Waals surface area contributed by atoms with E-state index < -0.39 is 0 Å². The average Bonchev–Trinajstić information content (AvgIpc) is 2.61. The van der Waals surface area contributed by atoms with Gasteiger partial charge in [0.25, 0.3) is 5.91 Å². The third kappa shape index (κ3) is 4.32. The van der Waals surface area contributed by atoms with Crippen molar-refractivity contribution >= 4 is 27.5 Å². The molecule has 126 valence electrons. The van der Waals surface area contributed by atoms with Crippen LogP contribution in [0, 0.1) is 0 Å². The van der Waals surface area contributed by atoms with Crippen molar-refractivity contribution in [2.75, 3.05) is 13.7 Å². The molecule has 2 rings (SSSR count). The summed E-state index contributed by atoms with van der Waals surface area (Å²) in [6, 6.07) is 6.96. The number of aromatic nitrogens is 1. The second-order valence-corrected chi connectivity index (χ2v) is 5.66. The van der Waals surface area contributed by atoms with Gasteiger partial charge in [-0.1, -0.05) is 6.07 Å². The van der Waals surface area contributed by atoms with E-state index in [-0.39, 0.29) is 5.91 Å².